The Bertz CT molecular complexity index is 1330. The number of amides is 4. The lowest BCUT2D eigenvalue weighted by molar-refractivity contribution is -0.128. The minimum Gasteiger partial charge on any atom is -0.454 e. The maximum absolute atomic E-state index is 12.9. The van der Waals surface area contributed by atoms with Crippen molar-refractivity contribution in [2.24, 2.45) is 0 Å². The summed E-state index contributed by atoms with van der Waals surface area (Å²) in [5, 5.41) is 7.05. The third-order valence-corrected chi connectivity index (χ3v) is 6.99. The SMILES string of the molecule is O=C(CC[C@@H]1NC(=O)N(Cc2ccc3c(c2)OCO3)C1=O)N[C@H]1CCCc2c1[nH]c1ccccc21. The summed E-state index contributed by atoms with van der Waals surface area (Å²) < 4.78 is 10.7. The van der Waals surface area contributed by atoms with Crippen LogP contribution in [-0.4, -0.2) is 40.6 Å². The number of urea groups is 1. The number of aromatic nitrogens is 1. The molecule has 3 heterocycles. The minimum atomic E-state index is -0.711. The first-order valence-corrected chi connectivity index (χ1v) is 12.0. The van der Waals surface area contributed by atoms with Crippen molar-refractivity contribution < 1.29 is 23.9 Å². The molecule has 1 aromatic heterocycles. The summed E-state index contributed by atoms with van der Waals surface area (Å²) >= 11 is 0. The molecule has 3 aliphatic rings. The van der Waals surface area contributed by atoms with Gasteiger partial charge in [-0.3, -0.25) is 14.5 Å². The largest absolute Gasteiger partial charge is 0.454 e. The van der Waals surface area contributed by atoms with Crippen molar-refractivity contribution >= 4 is 28.7 Å². The molecular formula is C26H26N4O5. The Labute approximate surface area is 201 Å². The number of imide groups is 1. The first-order chi connectivity index (χ1) is 17.1. The normalized spacial score (nSPS) is 20.7. The molecule has 1 aliphatic carbocycles. The quantitative estimate of drug-likeness (QED) is 0.475. The minimum absolute atomic E-state index is 0.0740. The molecule has 0 radical (unpaired) electrons. The van der Waals surface area contributed by atoms with Gasteiger partial charge in [-0.1, -0.05) is 24.3 Å². The molecule has 0 unspecified atom stereocenters. The van der Waals surface area contributed by atoms with Crippen LogP contribution in [0.3, 0.4) is 0 Å². The molecule has 6 rings (SSSR count). The summed E-state index contributed by atoms with van der Waals surface area (Å²) in [6, 6.07) is 12.3. The van der Waals surface area contributed by atoms with E-state index in [1.54, 1.807) is 18.2 Å². The molecule has 4 amide bonds. The summed E-state index contributed by atoms with van der Waals surface area (Å²) in [4.78, 5) is 42.7. The van der Waals surface area contributed by atoms with Crippen molar-refractivity contribution in [3.63, 3.8) is 0 Å². The van der Waals surface area contributed by atoms with E-state index < -0.39 is 12.1 Å². The number of rotatable bonds is 6. The maximum Gasteiger partial charge on any atom is 0.325 e. The summed E-state index contributed by atoms with van der Waals surface area (Å²) in [5.74, 6) is 0.796. The molecule has 9 nitrogen and oxygen atoms in total. The molecule has 3 aromatic rings. The van der Waals surface area contributed by atoms with Crippen molar-refractivity contribution in [3.8, 4) is 11.5 Å². The van der Waals surface area contributed by atoms with Crippen molar-refractivity contribution in [1.82, 2.24) is 20.5 Å². The van der Waals surface area contributed by atoms with Crippen LogP contribution in [0.25, 0.3) is 10.9 Å². The molecule has 0 saturated carbocycles. The van der Waals surface area contributed by atoms with Gasteiger partial charge in [-0.2, -0.15) is 0 Å². The third kappa shape index (κ3) is 3.96. The third-order valence-electron chi connectivity index (χ3n) is 6.99. The van der Waals surface area contributed by atoms with Crippen LogP contribution < -0.4 is 20.1 Å². The van der Waals surface area contributed by atoms with Gasteiger partial charge in [0.15, 0.2) is 11.5 Å². The second-order valence-electron chi connectivity index (χ2n) is 9.23. The van der Waals surface area contributed by atoms with Gasteiger partial charge >= 0.3 is 6.03 Å². The Balaban J connectivity index is 1.06. The van der Waals surface area contributed by atoms with Crippen molar-refractivity contribution in [3.05, 3.63) is 59.3 Å². The monoisotopic (exact) mass is 474 g/mol. The van der Waals surface area contributed by atoms with Crippen molar-refractivity contribution in [1.29, 1.82) is 0 Å². The molecule has 180 valence electrons. The Morgan fingerprint density at radius 1 is 1.11 bits per heavy atom. The molecule has 1 fully saturated rings. The van der Waals surface area contributed by atoms with Gasteiger partial charge < -0.3 is 25.1 Å². The van der Waals surface area contributed by atoms with Gasteiger partial charge in [0.05, 0.1) is 12.6 Å². The van der Waals surface area contributed by atoms with Gasteiger partial charge in [0.25, 0.3) is 5.91 Å². The smallest absolute Gasteiger partial charge is 0.325 e. The van der Waals surface area contributed by atoms with Gasteiger partial charge in [0.2, 0.25) is 12.7 Å². The van der Waals surface area contributed by atoms with E-state index in [4.69, 9.17) is 9.47 Å². The molecule has 9 heteroatoms. The highest BCUT2D eigenvalue weighted by atomic mass is 16.7. The van der Waals surface area contributed by atoms with Crippen LogP contribution in [0, 0.1) is 0 Å². The fourth-order valence-electron chi connectivity index (χ4n) is 5.25. The van der Waals surface area contributed by atoms with Crippen LogP contribution in [0.1, 0.15) is 48.5 Å². The second kappa shape index (κ2) is 8.65. The number of hydrogen-bond acceptors (Lipinski definition) is 5. The van der Waals surface area contributed by atoms with Gasteiger partial charge in [-0.15, -0.1) is 0 Å². The highest BCUT2D eigenvalue weighted by Gasteiger charge is 2.38. The number of nitrogens with zero attached hydrogens (tertiary/aromatic N) is 1. The van der Waals surface area contributed by atoms with Gasteiger partial charge in [0.1, 0.15) is 6.04 Å². The first-order valence-electron chi connectivity index (χ1n) is 12.0. The number of aryl methyl sites for hydroxylation is 1. The predicted octanol–water partition coefficient (Wildman–Crippen LogP) is 3.29. The van der Waals surface area contributed by atoms with E-state index in [1.165, 1.54) is 15.8 Å². The summed E-state index contributed by atoms with van der Waals surface area (Å²) in [7, 11) is 0. The second-order valence-corrected chi connectivity index (χ2v) is 9.23. The standard InChI is InChI=1S/C26H26N4O5/c31-23(27-19-7-3-5-17-16-4-1-2-6-18(16)28-24(17)19)11-9-20-25(32)30(26(33)29-20)13-15-8-10-21-22(12-15)35-14-34-21/h1-2,4,6,8,10,12,19-20,28H,3,5,7,9,11,13-14H2,(H,27,31)(H,29,33)/t19-,20-/m0/s1. The van der Waals surface area contributed by atoms with Crippen LogP contribution in [0.15, 0.2) is 42.5 Å². The fourth-order valence-corrected chi connectivity index (χ4v) is 5.25. The lowest BCUT2D eigenvalue weighted by Gasteiger charge is -2.24. The summed E-state index contributed by atoms with van der Waals surface area (Å²) in [6.07, 6.45) is 3.27. The number of para-hydroxylation sites is 1. The molecule has 0 bridgehead atoms. The van der Waals surface area contributed by atoms with E-state index >= 15 is 0 Å². The van der Waals surface area contributed by atoms with Crippen LogP contribution >= 0.6 is 0 Å². The number of hydrogen-bond donors (Lipinski definition) is 3. The Morgan fingerprint density at radius 2 is 1.97 bits per heavy atom. The molecule has 3 N–H and O–H groups in total. The number of H-pyrrole nitrogens is 1. The van der Waals surface area contributed by atoms with Crippen LogP contribution in [-0.2, 0) is 22.6 Å². The lowest BCUT2D eigenvalue weighted by Crippen LogP contribution is -2.34. The molecule has 35 heavy (non-hydrogen) atoms. The van der Waals surface area contributed by atoms with Crippen molar-refractivity contribution in [2.45, 2.75) is 50.7 Å². The first kappa shape index (κ1) is 21.5. The van der Waals surface area contributed by atoms with E-state index in [2.05, 4.69) is 27.8 Å². The zero-order valence-electron chi connectivity index (χ0n) is 19.1. The highest BCUT2D eigenvalue weighted by Crippen LogP contribution is 2.35. The molecule has 2 aromatic carbocycles. The van der Waals surface area contributed by atoms with Crippen LogP contribution in [0.4, 0.5) is 4.79 Å². The van der Waals surface area contributed by atoms with Gasteiger partial charge in [-0.25, -0.2) is 4.79 Å². The lowest BCUT2D eigenvalue weighted by atomic mass is 9.91. The maximum atomic E-state index is 12.9. The molecule has 2 atom stereocenters. The van der Waals surface area contributed by atoms with E-state index in [-0.39, 0.29) is 44.0 Å². The number of benzene rings is 2. The average Bonchev–Trinajstić information content (AvgIpc) is 3.55. The number of fused-ring (bicyclic) bond motifs is 4. The predicted molar refractivity (Wildman–Crippen MR) is 127 cm³/mol. The van der Waals surface area contributed by atoms with E-state index in [9.17, 15) is 14.4 Å². The zero-order chi connectivity index (χ0) is 23.9. The number of nitrogens with one attached hydrogen (secondary N) is 3. The number of aromatic amines is 1. The zero-order valence-corrected chi connectivity index (χ0v) is 19.1. The average molecular weight is 475 g/mol. The number of carbonyl (C=O) groups excluding carboxylic acids is 3. The summed E-state index contributed by atoms with van der Waals surface area (Å²) in [6.45, 7) is 0.295. The van der Waals surface area contributed by atoms with E-state index in [0.29, 0.717) is 11.5 Å². The molecule has 2 aliphatic heterocycles. The van der Waals surface area contributed by atoms with Crippen molar-refractivity contribution in [2.75, 3.05) is 6.79 Å². The van der Waals surface area contributed by atoms with E-state index in [1.807, 2.05) is 12.1 Å². The number of carbonyl (C=O) groups is 3. The molecule has 1 saturated heterocycles. The number of ether oxygens (including phenoxy) is 2. The fraction of sp³-hybridized carbons (Fsp3) is 0.346. The Hall–Kier alpha value is -4.01. The summed E-state index contributed by atoms with van der Waals surface area (Å²) in [5.41, 5.74) is 4.20. The van der Waals surface area contributed by atoms with Gasteiger partial charge in [0, 0.05) is 23.0 Å². The topological polar surface area (TPSA) is 113 Å². The van der Waals surface area contributed by atoms with Crippen LogP contribution in [0.2, 0.25) is 0 Å². The highest BCUT2D eigenvalue weighted by molar-refractivity contribution is 6.04. The molecular weight excluding hydrogens is 448 g/mol. The van der Waals surface area contributed by atoms with E-state index in [0.717, 1.165) is 36.0 Å². The Morgan fingerprint density at radius 3 is 2.89 bits per heavy atom. The van der Waals surface area contributed by atoms with Gasteiger partial charge in [-0.05, 0) is 55.0 Å². The molecule has 0 spiro atoms. The Kier molecular flexibility index (Phi) is 5.32. The van der Waals surface area contributed by atoms with Crippen LogP contribution in [0.5, 0.6) is 11.5 Å².